The van der Waals surface area contributed by atoms with Gasteiger partial charge in [0, 0.05) is 19.6 Å². The summed E-state index contributed by atoms with van der Waals surface area (Å²) >= 11 is 0. The van der Waals surface area contributed by atoms with Crippen LogP contribution < -0.4 is 5.48 Å². The summed E-state index contributed by atoms with van der Waals surface area (Å²) in [6.07, 6.45) is 4.38. The van der Waals surface area contributed by atoms with Gasteiger partial charge in [-0.3, -0.25) is 4.94 Å². The van der Waals surface area contributed by atoms with Crippen LogP contribution in [0.15, 0.2) is 16.8 Å². The fourth-order valence-electron chi connectivity index (χ4n) is 1.46. The molecule has 1 rings (SSSR count). The Morgan fingerprint density at radius 2 is 2.47 bits per heavy atom. The Balaban J connectivity index is 2.37. The van der Waals surface area contributed by atoms with Gasteiger partial charge in [-0.25, -0.2) is 0 Å². The molecule has 0 spiro atoms. The van der Waals surface area contributed by atoms with E-state index in [2.05, 4.69) is 35.6 Å². The lowest BCUT2D eigenvalue weighted by molar-refractivity contribution is 0.0468. The number of likely N-dealkylation sites (N-methyl/N-ethyl adjacent to an activating group) is 1. The highest BCUT2D eigenvalue weighted by Crippen LogP contribution is 2.09. The lowest BCUT2D eigenvalue weighted by atomic mass is 10.1. The van der Waals surface area contributed by atoms with Gasteiger partial charge in [-0.05, 0) is 32.4 Å². The van der Waals surface area contributed by atoms with Crippen LogP contribution in [0.5, 0.6) is 0 Å². The fourth-order valence-corrected chi connectivity index (χ4v) is 1.46. The summed E-state index contributed by atoms with van der Waals surface area (Å²) in [4.78, 5) is 7.29. The van der Waals surface area contributed by atoms with Gasteiger partial charge in [-0.1, -0.05) is 18.2 Å². The minimum atomic E-state index is 0.829. The zero-order valence-electron chi connectivity index (χ0n) is 9.92. The molecular weight excluding hydrogens is 190 g/mol. The second-order valence-corrected chi connectivity index (χ2v) is 3.92. The van der Waals surface area contributed by atoms with Crippen LogP contribution in [0.3, 0.4) is 0 Å². The molecule has 0 aliphatic carbocycles. The molecule has 0 aromatic heterocycles. The second-order valence-electron chi connectivity index (χ2n) is 3.92. The van der Waals surface area contributed by atoms with E-state index in [0.29, 0.717) is 0 Å². The number of nitrogens with zero attached hydrogens (tertiary/aromatic N) is 2. The van der Waals surface area contributed by atoms with E-state index >= 15 is 0 Å². The predicted octanol–water partition coefficient (Wildman–Crippen LogP) is 1.56. The van der Waals surface area contributed by atoms with Crippen molar-refractivity contribution in [2.24, 2.45) is 5.16 Å². The van der Waals surface area contributed by atoms with Gasteiger partial charge < -0.3 is 4.90 Å². The lowest BCUT2D eigenvalue weighted by Gasteiger charge is -2.22. The summed E-state index contributed by atoms with van der Waals surface area (Å²) in [5, 5.41) is 4.03. The zero-order chi connectivity index (χ0) is 11.1. The number of rotatable bonds is 5. The average Bonchev–Trinajstić information content (AvgIpc) is 2.24. The van der Waals surface area contributed by atoms with Crippen molar-refractivity contribution < 1.29 is 4.94 Å². The third-order valence-corrected chi connectivity index (χ3v) is 2.41. The highest BCUT2D eigenvalue weighted by Gasteiger charge is 2.10. The third kappa shape index (κ3) is 4.44. The van der Waals surface area contributed by atoms with Crippen LogP contribution in [-0.2, 0) is 4.94 Å². The van der Waals surface area contributed by atoms with Crippen LogP contribution in [0, 0.1) is 0 Å². The largest absolute Gasteiger partial charge is 0.302 e. The smallest absolute Gasteiger partial charge is 0.0833 e. The number of hydroxylamine groups is 1. The van der Waals surface area contributed by atoms with E-state index in [0.717, 1.165) is 38.2 Å². The van der Waals surface area contributed by atoms with Crippen molar-refractivity contribution in [3.8, 4) is 0 Å². The Kier molecular flexibility index (Phi) is 5.36. The first kappa shape index (κ1) is 12.2. The van der Waals surface area contributed by atoms with E-state index in [9.17, 15) is 0 Å². The van der Waals surface area contributed by atoms with Gasteiger partial charge in [0.25, 0.3) is 0 Å². The van der Waals surface area contributed by atoms with Crippen molar-refractivity contribution in [3.05, 3.63) is 11.6 Å². The summed E-state index contributed by atoms with van der Waals surface area (Å²) in [5.41, 5.74) is 5.02. The quantitative estimate of drug-likeness (QED) is 0.426. The van der Waals surface area contributed by atoms with E-state index in [-0.39, 0.29) is 0 Å². The van der Waals surface area contributed by atoms with Crippen LogP contribution in [0.1, 0.15) is 26.7 Å². The molecule has 0 bridgehead atoms. The first-order valence-corrected chi connectivity index (χ1v) is 5.55. The van der Waals surface area contributed by atoms with Crippen molar-refractivity contribution in [2.45, 2.75) is 26.7 Å². The maximum Gasteiger partial charge on any atom is 0.0833 e. The number of nitrogens with one attached hydrogen (secondary N) is 1. The normalized spacial score (nSPS) is 18.9. The van der Waals surface area contributed by atoms with E-state index in [1.54, 1.807) is 0 Å². The summed E-state index contributed by atoms with van der Waals surface area (Å²) in [6.45, 7) is 7.00. The maximum absolute atomic E-state index is 5.00. The summed E-state index contributed by atoms with van der Waals surface area (Å²) in [6, 6.07) is 0. The number of hydrogen-bond acceptors (Lipinski definition) is 4. The zero-order valence-corrected chi connectivity index (χ0v) is 9.92. The molecule has 0 aromatic rings. The van der Waals surface area contributed by atoms with Crippen molar-refractivity contribution in [1.82, 2.24) is 10.4 Å². The summed E-state index contributed by atoms with van der Waals surface area (Å²) in [5.74, 6) is 0. The van der Waals surface area contributed by atoms with Gasteiger partial charge in [-0.2, -0.15) is 0 Å². The van der Waals surface area contributed by atoms with Crippen molar-refractivity contribution in [3.63, 3.8) is 0 Å². The molecule has 86 valence electrons. The molecule has 0 aromatic carbocycles. The predicted molar refractivity (Wildman–Crippen MR) is 62.7 cm³/mol. The molecule has 1 aliphatic rings. The summed E-state index contributed by atoms with van der Waals surface area (Å²) < 4.78 is 0. The maximum atomic E-state index is 5.00. The van der Waals surface area contributed by atoms with Gasteiger partial charge in [0.1, 0.15) is 0 Å². The number of oxime groups is 1. The van der Waals surface area contributed by atoms with Crippen LogP contribution >= 0.6 is 0 Å². The molecule has 4 heteroatoms. The molecule has 1 N–H and O–H groups in total. The Hall–Kier alpha value is -0.870. The van der Waals surface area contributed by atoms with Crippen LogP contribution in [0.2, 0.25) is 0 Å². The van der Waals surface area contributed by atoms with Crippen LogP contribution in [0.4, 0.5) is 0 Å². The number of hydrogen-bond donors (Lipinski definition) is 1. The van der Waals surface area contributed by atoms with Gasteiger partial charge >= 0.3 is 0 Å². The van der Waals surface area contributed by atoms with Gasteiger partial charge in [0.05, 0.1) is 5.71 Å². The fraction of sp³-hybridized carbons (Fsp3) is 0.727. The molecule has 0 amide bonds. The molecule has 1 heterocycles. The van der Waals surface area contributed by atoms with Gasteiger partial charge in [0.2, 0.25) is 0 Å². The van der Waals surface area contributed by atoms with E-state index in [1.165, 1.54) is 5.57 Å². The molecule has 0 unspecified atom stereocenters. The Labute approximate surface area is 91.9 Å². The third-order valence-electron chi connectivity index (χ3n) is 2.41. The first-order chi connectivity index (χ1) is 7.24. The Morgan fingerprint density at radius 1 is 1.67 bits per heavy atom. The molecule has 0 saturated carbocycles. The Morgan fingerprint density at radius 3 is 3.13 bits per heavy atom. The van der Waals surface area contributed by atoms with Crippen LogP contribution in [-0.4, -0.2) is 37.3 Å². The first-order valence-electron chi connectivity index (χ1n) is 5.55. The van der Waals surface area contributed by atoms with E-state index in [4.69, 9.17) is 4.94 Å². The van der Waals surface area contributed by atoms with Crippen molar-refractivity contribution >= 4 is 5.71 Å². The van der Waals surface area contributed by atoms with Crippen molar-refractivity contribution in [2.75, 3.05) is 26.7 Å². The monoisotopic (exact) mass is 211 g/mol. The molecule has 0 fully saturated rings. The molecule has 1 aliphatic heterocycles. The SMILES string of the molecule is CCCNON=C(C)C1=CCCN(C)C1. The second kappa shape index (κ2) is 6.58. The van der Waals surface area contributed by atoms with E-state index < -0.39 is 0 Å². The van der Waals surface area contributed by atoms with Gasteiger partial charge in [-0.15, -0.1) is 5.48 Å². The lowest BCUT2D eigenvalue weighted by Crippen LogP contribution is -2.28. The Bertz CT molecular complexity index is 248. The molecule has 0 atom stereocenters. The van der Waals surface area contributed by atoms with Crippen LogP contribution in [0.25, 0.3) is 0 Å². The van der Waals surface area contributed by atoms with E-state index in [1.807, 2.05) is 6.92 Å². The molecule has 0 radical (unpaired) electrons. The topological polar surface area (TPSA) is 36.9 Å². The minimum Gasteiger partial charge on any atom is -0.302 e. The summed E-state index contributed by atoms with van der Waals surface area (Å²) in [7, 11) is 2.12. The van der Waals surface area contributed by atoms with Gasteiger partial charge in [0.15, 0.2) is 0 Å². The minimum absolute atomic E-state index is 0.829. The molecule has 4 nitrogen and oxygen atoms in total. The average molecular weight is 211 g/mol. The van der Waals surface area contributed by atoms with Crippen molar-refractivity contribution in [1.29, 1.82) is 0 Å². The molecule has 0 saturated heterocycles. The highest BCUT2D eigenvalue weighted by atomic mass is 16.8. The standard InChI is InChI=1S/C11H21N3O/c1-4-7-12-15-13-10(2)11-6-5-8-14(3)9-11/h6,12H,4-5,7-9H2,1-3H3. The highest BCUT2D eigenvalue weighted by molar-refractivity contribution is 5.98. The molecular formula is C11H21N3O. The molecule has 15 heavy (non-hydrogen) atoms.